The number of hydrogen-bond acceptors (Lipinski definition) is 5. The van der Waals surface area contributed by atoms with Crippen molar-refractivity contribution >= 4 is 28.7 Å². The molecule has 5 rings (SSSR count). The molecule has 5 aromatic rings. The fourth-order valence-corrected chi connectivity index (χ4v) is 4.61. The van der Waals surface area contributed by atoms with E-state index in [2.05, 4.69) is 4.98 Å². The normalized spacial score (nSPS) is 11.1. The van der Waals surface area contributed by atoms with Crippen molar-refractivity contribution in [1.82, 2.24) is 4.98 Å². The number of nitrogens with zero attached hydrogens (tertiary/aromatic N) is 1. The Hall–Kier alpha value is -5.23. The standard InChI is InChI=1S/C35H29NO5/c1-3-26-11-7-8-12-28(26)34(39)30-21-36-31-20-27(40-22-25-9-5-4-6-10-25)15-16-29(31)35(30)41-32-17-13-24(19-23(32)2)14-18-33(37)38/h4-21H,3,22H2,1-2H3,(H,37,38)/b18-14+. The summed E-state index contributed by atoms with van der Waals surface area (Å²) in [6.07, 6.45) is 4.89. The highest BCUT2D eigenvalue weighted by Crippen LogP contribution is 2.37. The Morgan fingerprint density at radius 3 is 2.44 bits per heavy atom. The van der Waals surface area contributed by atoms with Crippen LogP contribution in [0, 0.1) is 6.92 Å². The fourth-order valence-electron chi connectivity index (χ4n) is 4.61. The van der Waals surface area contributed by atoms with Crippen LogP contribution in [-0.2, 0) is 17.8 Å². The van der Waals surface area contributed by atoms with Crippen LogP contribution in [0.15, 0.2) is 103 Å². The number of carbonyl (C=O) groups is 2. The van der Waals surface area contributed by atoms with Crippen molar-refractivity contribution in [2.24, 2.45) is 0 Å². The zero-order chi connectivity index (χ0) is 28.8. The molecular formula is C35H29NO5. The van der Waals surface area contributed by atoms with Gasteiger partial charge in [-0.25, -0.2) is 4.79 Å². The smallest absolute Gasteiger partial charge is 0.328 e. The summed E-state index contributed by atoms with van der Waals surface area (Å²) in [5, 5.41) is 9.63. The number of rotatable bonds is 10. The van der Waals surface area contributed by atoms with Gasteiger partial charge in [0.2, 0.25) is 0 Å². The van der Waals surface area contributed by atoms with Gasteiger partial charge in [0.05, 0.1) is 11.1 Å². The van der Waals surface area contributed by atoms with E-state index >= 15 is 0 Å². The Bertz CT molecular complexity index is 1760. The van der Waals surface area contributed by atoms with Crippen LogP contribution in [0.3, 0.4) is 0 Å². The van der Waals surface area contributed by atoms with Gasteiger partial charge in [0, 0.05) is 29.3 Å². The molecule has 0 saturated carbocycles. The first-order valence-electron chi connectivity index (χ1n) is 13.3. The van der Waals surface area contributed by atoms with Gasteiger partial charge in [-0.2, -0.15) is 0 Å². The summed E-state index contributed by atoms with van der Waals surface area (Å²) in [6.45, 7) is 4.31. The molecule has 1 heterocycles. The summed E-state index contributed by atoms with van der Waals surface area (Å²) in [6, 6.07) is 28.4. The van der Waals surface area contributed by atoms with Crippen molar-refractivity contribution in [3.63, 3.8) is 0 Å². The molecule has 4 aromatic carbocycles. The maximum absolute atomic E-state index is 13.9. The van der Waals surface area contributed by atoms with Crippen LogP contribution in [0.4, 0.5) is 0 Å². The van der Waals surface area contributed by atoms with Crippen LogP contribution in [-0.4, -0.2) is 21.8 Å². The van der Waals surface area contributed by atoms with E-state index in [4.69, 9.17) is 14.6 Å². The first kappa shape index (κ1) is 27.3. The quantitative estimate of drug-likeness (QED) is 0.143. The van der Waals surface area contributed by atoms with Crippen LogP contribution in [0.2, 0.25) is 0 Å². The third kappa shape index (κ3) is 6.34. The lowest BCUT2D eigenvalue weighted by atomic mass is 9.96. The van der Waals surface area contributed by atoms with Gasteiger partial charge in [0.25, 0.3) is 0 Å². The molecule has 0 radical (unpaired) electrons. The number of hydrogen-bond donors (Lipinski definition) is 1. The minimum absolute atomic E-state index is 0.171. The highest BCUT2D eigenvalue weighted by molar-refractivity contribution is 6.14. The van der Waals surface area contributed by atoms with Crippen molar-refractivity contribution < 1.29 is 24.2 Å². The molecule has 0 fully saturated rings. The average molecular weight is 544 g/mol. The van der Waals surface area contributed by atoms with Crippen LogP contribution >= 0.6 is 0 Å². The summed E-state index contributed by atoms with van der Waals surface area (Å²) >= 11 is 0. The molecule has 41 heavy (non-hydrogen) atoms. The maximum Gasteiger partial charge on any atom is 0.328 e. The Balaban J connectivity index is 1.56. The summed E-state index contributed by atoms with van der Waals surface area (Å²) in [5.74, 6) is 0.411. The molecule has 0 bridgehead atoms. The number of benzene rings is 4. The number of aryl methyl sites for hydroxylation is 2. The van der Waals surface area contributed by atoms with Crippen LogP contribution in [0.1, 0.15) is 45.1 Å². The summed E-state index contributed by atoms with van der Waals surface area (Å²) < 4.78 is 12.5. The van der Waals surface area contributed by atoms with E-state index in [1.54, 1.807) is 18.3 Å². The molecule has 0 atom stereocenters. The molecule has 0 saturated heterocycles. The van der Waals surface area contributed by atoms with Crippen molar-refractivity contribution in [1.29, 1.82) is 0 Å². The van der Waals surface area contributed by atoms with Gasteiger partial charge in [-0.1, -0.05) is 67.6 Å². The number of aromatic nitrogens is 1. The molecule has 0 spiro atoms. The monoisotopic (exact) mass is 543 g/mol. The number of ketones is 1. The second-order valence-electron chi connectivity index (χ2n) is 9.59. The van der Waals surface area contributed by atoms with E-state index in [-0.39, 0.29) is 5.78 Å². The molecule has 6 nitrogen and oxygen atoms in total. The lowest BCUT2D eigenvalue weighted by Gasteiger charge is -2.16. The first-order chi connectivity index (χ1) is 19.9. The Kier molecular flexibility index (Phi) is 8.20. The third-order valence-corrected chi connectivity index (χ3v) is 6.76. The van der Waals surface area contributed by atoms with Crippen LogP contribution < -0.4 is 9.47 Å². The van der Waals surface area contributed by atoms with Crippen molar-refractivity contribution in [3.8, 4) is 17.2 Å². The van der Waals surface area contributed by atoms with E-state index in [0.29, 0.717) is 52.3 Å². The second kappa shape index (κ2) is 12.3. The molecule has 0 unspecified atom stereocenters. The van der Waals surface area contributed by atoms with E-state index in [0.717, 1.165) is 28.3 Å². The largest absolute Gasteiger partial charge is 0.489 e. The Morgan fingerprint density at radius 2 is 1.68 bits per heavy atom. The minimum atomic E-state index is -1.02. The third-order valence-electron chi connectivity index (χ3n) is 6.76. The van der Waals surface area contributed by atoms with Crippen LogP contribution in [0.25, 0.3) is 17.0 Å². The molecule has 0 aliphatic heterocycles. The number of fused-ring (bicyclic) bond motifs is 1. The number of carboxylic acid groups (broad SMARTS) is 1. The fraction of sp³-hybridized carbons (Fsp3) is 0.114. The average Bonchev–Trinajstić information content (AvgIpc) is 3.00. The maximum atomic E-state index is 13.9. The molecular weight excluding hydrogens is 514 g/mol. The van der Waals surface area contributed by atoms with E-state index in [1.807, 2.05) is 92.7 Å². The zero-order valence-electron chi connectivity index (χ0n) is 22.8. The molecule has 0 aliphatic carbocycles. The highest BCUT2D eigenvalue weighted by Gasteiger charge is 2.22. The number of ether oxygens (including phenoxy) is 2. The van der Waals surface area contributed by atoms with Crippen molar-refractivity contribution in [2.45, 2.75) is 26.9 Å². The number of pyridine rings is 1. The second-order valence-corrected chi connectivity index (χ2v) is 9.59. The minimum Gasteiger partial charge on any atom is -0.489 e. The van der Waals surface area contributed by atoms with Gasteiger partial charge < -0.3 is 14.6 Å². The lowest BCUT2D eigenvalue weighted by Crippen LogP contribution is -2.08. The van der Waals surface area contributed by atoms with Crippen LogP contribution in [0.5, 0.6) is 17.2 Å². The number of aliphatic carboxylic acids is 1. The highest BCUT2D eigenvalue weighted by atomic mass is 16.5. The summed E-state index contributed by atoms with van der Waals surface area (Å²) in [7, 11) is 0. The van der Waals surface area contributed by atoms with Gasteiger partial charge in [-0.3, -0.25) is 9.78 Å². The van der Waals surface area contributed by atoms with Crippen molar-refractivity contribution in [2.75, 3.05) is 0 Å². The van der Waals surface area contributed by atoms with E-state index in [1.165, 1.54) is 6.08 Å². The number of carboxylic acids is 1. The number of carbonyl (C=O) groups excluding carboxylic acids is 1. The molecule has 0 aliphatic rings. The Labute approximate surface area is 238 Å². The zero-order valence-corrected chi connectivity index (χ0v) is 22.8. The SMILES string of the molecule is CCc1ccccc1C(=O)c1cnc2cc(OCc3ccccc3)ccc2c1Oc1ccc(/C=C/C(=O)O)cc1C. The first-order valence-corrected chi connectivity index (χ1v) is 13.3. The summed E-state index contributed by atoms with van der Waals surface area (Å²) in [4.78, 5) is 29.5. The molecule has 1 N–H and O–H groups in total. The van der Waals surface area contributed by atoms with Gasteiger partial charge >= 0.3 is 5.97 Å². The predicted molar refractivity (Wildman–Crippen MR) is 160 cm³/mol. The van der Waals surface area contributed by atoms with Gasteiger partial charge in [-0.05, 0) is 65.9 Å². The van der Waals surface area contributed by atoms with E-state index in [9.17, 15) is 9.59 Å². The molecule has 204 valence electrons. The van der Waals surface area contributed by atoms with Crippen molar-refractivity contribution in [3.05, 3.63) is 137 Å². The molecule has 1 aromatic heterocycles. The lowest BCUT2D eigenvalue weighted by molar-refractivity contribution is -0.131. The Morgan fingerprint density at radius 1 is 0.902 bits per heavy atom. The van der Waals surface area contributed by atoms with Gasteiger partial charge in [0.1, 0.15) is 23.9 Å². The topological polar surface area (TPSA) is 85.7 Å². The molecule has 0 amide bonds. The van der Waals surface area contributed by atoms with Gasteiger partial charge in [0.15, 0.2) is 5.78 Å². The van der Waals surface area contributed by atoms with E-state index < -0.39 is 5.97 Å². The molecule has 6 heteroatoms. The summed E-state index contributed by atoms with van der Waals surface area (Å²) in [5.41, 5.74) is 5.10. The van der Waals surface area contributed by atoms with Gasteiger partial charge in [-0.15, -0.1) is 0 Å². The predicted octanol–water partition coefficient (Wildman–Crippen LogP) is 7.81.